The Balaban J connectivity index is 2.02. The Morgan fingerprint density at radius 3 is 2.68 bits per heavy atom. The van der Waals surface area contributed by atoms with Crippen LogP contribution in [0.15, 0.2) is 12.4 Å². The molecule has 0 bridgehead atoms. The average Bonchev–Trinajstić information content (AvgIpc) is 2.39. The van der Waals surface area contributed by atoms with Crippen molar-refractivity contribution in [2.75, 3.05) is 32.0 Å². The first-order valence-corrected chi connectivity index (χ1v) is 6.99. The first-order chi connectivity index (χ1) is 9.00. The van der Waals surface area contributed by atoms with E-state index in [9.17, 15) is 0 Å². The van der Waals surface area contributed by atoms with E-state index in [1.165, 1.54) is 24.9 Å². The normalized spacial score (nSPS) is 21.4. The number of hydrogen-bond donors (Lipinski definition) is 2. The molecular formula is C14H25N5. The van der Waals surface area contributed by atoms with E-state index in [0.717, 1.165) is 6.54 Å². The zero-order chi connectivity index (χ0) is 13.9. The fraction of sp³-hybridized carbons (Fsp3) is 0.714. The molecule has 1 aliphatic heterocycles. The van der Waals surface area contributed by atoms with E-state index in [2.05, 4.69) is 27.2 Å². The molecule has 0 spiro atoms. The van der Waals surface area contributed by atoms with Crippen LogP contribution in [0.1, 0.15) is 38.2 Å². The zero-order valence-corrected chi connectivity index (χ0v) is 12.2. The molecule has 106 valence electrons. The van der Waals surface area contributed by atoms with Gasteiger partial charge in [0.2, 0.25) is 5.95 Å². The van der Waals surface area contributed by atoms with Crippen LogP contribution in [0.25, 0.3) is 0 Å². The summed E-state index contributed by atoms with van der Waals surface area (Å²) in [6.07, 6.45) is 6.38. The summed E-state index contributed by atoms with van der Waals surface area (Å²) in [5, 5.41) is 3.25. The highest BCUT2D eigenvalue weighted by Gasteiger charge is 2.20. The molecule has 5 nitrogen and oxygen atoms in total. The highest BCUT2D eigenvalue weighted by Crippen LogP contribution is 2.25. The van der Waals surface area contributed by atoms with Gasteiger partial charge in [0.25, 0.3) is 0 Å². The highest BCUT2D eigenvalue weighted by molar-refractivity contribution is 5.30. The number of anilines is 1. The minimum atomic E-state index is -0.174. The zero-order valence-electron chi connectivity index (χ0n) is 12.2. The summed E-state index contributed by atoms with van der Waals surface area (Å²) in [6, 6.07) is 0. The van der Waals surface area contributed by atoms with Crippen molar-refractivity contribution in [1.29, 1.82) is 0 Å². The monoisotopic (exact) mass is 263 g/mol. The van der Waals surface area contributed by atoms with Crippen LogP contribution >= 0.6 is 0 Å². The van der Waals surface area contributed by atoms with E-state index in [4.69, 9.17) is 5.73 Å². The van der Waals surface area contributed by atoms with Crippen molar-refractivity contribution >= 4 is 5.95 Å². The van der Waals surface area contributed by atoms with Crippen molar-refractivity contribution in [2.24, 2.45) is 5.73 Å². The predicted octanol–water partition coefficient (Wildman–Crippen LogP) is 1.43. The summed E-state index contributed by atoms with van der Waals surface area (Å²) < 4.78 is 0. The van der Waals surface area contributed by atoms with Gasteiger partial charge in [0.1, 0.15) is 0 Å². The maximum Gasteiger partial charge on any atom is 0.223 e. The van der Waals surface area contributed by atoms with Crippen LogP contribution in [-0.4, -0.2) is 47.1 Å². The van der Waals surface area contributed by atoms with Crippen molar-refractivity contribution < 1.29 is 0 Å². The number of nitrogens with zero attached hydrogens (tertiary/aromatic N) is 3. The molecule has 0 aromatic carbocycles. The number of nitrogens with two attached hydrogens (primary N) is 1. The Kier molecular flexibility index (Phi) is 4.37. The van der Waals surface area contributed by atoms with Crippen LogP contribution < -0.4 is 11.1 Å². The van der Waals surface area contributed by atoms with Crippen molar-refractivity contribution in [2.45, 2.75) is 38.1 Å². The lowest BCUT2D eigenvalue weighted by Gasteiger charge is -2.29. The number of aromatic nitrogens is 2. The van der Waals surface area contributed by atoms with Crippen LogP contribution in [0.5, 0.6) is 0 Å². The lowest BCUT2D eigenvalue weighted by atomic mass is 9.93. The van der Waals surface area contributed by atoms with Gasteiger partial charge >= 0.3 is 0 Å². The molecule has 1 unspecified atom stereocenters. The Labute approximate surface area is 115 Å². The van der Waals surface area contributed by atoms with Gasteiger partial charge in [-0.25, -0.2) is 9.97 Å². The molecule has 5 heteroatoms. The smallest absolute Gasteiger partial charge is 0.223 e. The summed E-state index contributed by atoms with van der Waals surface area (Å²) in [4.78, 5) is 11.2. The summed E-state index contributed by atoms with van der Waals surface area (Å²) >= 11 is 0. The van der Waals surface area contributed by atoms with E-state index in [1.807, 2.05) is 26.2 Å². The van der Waals surface area contributed by atoms with Gasteiger partial charge in [0, 0.05) is 31.0 Å². The maximum absolute atomic E-state index is 5.69. The second-order valence-electron chi connectivity index (χ2n) is 6.15. The molecule has 0 saturated carbocycles. The van der Waals surface area contributed by atoms with Crippen molar-refractivity contribution in [3.05, 3.63) is 18.0 Å². The summed E-state index contributed by atoms with van der Waals surface area (Å²) in [5.41, 5.74) is 6.76. The maximum atomic E-state index is 5.69. The van der Waals surface area contributed by atoms with E-state index in [0.29, 0.717) is 18.4 Å². The topological polar surface area (TPSA) is 67.1 Å². The third kappa shape index (κ3) is 3.88. The summed E-state index contributed by atoms with van der Waals surface area (Å²) in [5.74, 6) is 1.22. The van der Waals surface area contributed by atoms with Gasteiger partial charge in [-0.15, -0.1) is 0 Å². The van der Waals surface area contributed by atoms with Gasteiger partial charge in [0.15, 0.2) is 0 Å². The third-order valence-corrected chi connectivity index (χ3v) is 3.73. The second-order valence-corrected chi connectivity index (χ2v) is 6.15. The Morgan fingerprint density at radius 1 is 1.42 bits per heavy atom. The summed E-state index contributed by atoms with van der Waals surface area (Å²) in [6.45, 7) is 6.93. The van der Waals surface area contributed by atoms with Gasteiger partial charge in [-0.1, -0.05) is 0 Å². The van der Waals surface area contributed by atoms with E-state index in [1.54, 1.807) is 0 Å². The summed E-state index contributed by atoms with van der Waals surface area (Å²) in [7, 11) is 2.17. The molecular weight excluding hydrogens is 238 g/mol. The van der Waals surface area contributed by atoms with Crippen LogP contribution in [0.3, 0.4) is 0 Å². The fourth-order valence-electron chi connectivity index (χ4n) is 2.41. The molecule has 19 heavy (non-hydrogen) atoms. The molecule has 1 atom stereocenters. The molecule has 1 aromatic heterocycles. The standard InChI is InChI=1S/C14H25N5/c1-14(2,10-15)18-13-16-7-12(8-17-13)11-5-4-6-19(3)9-11/h7-8,11H,4-6,9-10,15H2,1-3H3,(H,16,17,18). The molecule has 1 aromatic rings. The van der Waals surface area contributed by atoms with Crippen LogP contribution in [0.4, 0.5) is 5.95 Å². The predicted molar refractivity (Wildman–Crippen MR) is 78.3 cm³/mol. The Hall–Kier alpha value is -1.20. The van der Waals surface area contributed by atoms with Crippen LogP contribution in [0, 0.1) is 0 Å². The molecule has 1 fully saturated rings. The van der Waals surface area contributed by atoms with Gasteiger partial charge in [-0.05, 0) is 51.8 Å². The minimum Gasteiger partial charge on any atom is -0.348 e. The largest absolute Gasteiger partial charge is 0.348 e. The number of nitrogens with one attached hydrogen (secondary N) is 1. The third-order valence-electron chi connectivity index (χ3n) is 3.73. The number of hydrogen-bond acceptors (Lipinski definition) is 5. The van der Waals surface area contributed by atoms with Crippen molar-refractivity contribution in [3.63, 3.8) is 0 Å². The lowest BCUT2D eigenvalue weighted by Crippen LogP contribution is -2.39. The minimum absolute atomic E-state index is 0.174. The molecule has 0 amide bonds. The Bertz CT molecular complexity index is 401. The highest BCUT2D eigenvalue weighted by atomic mass is 15.1. The molecule has 1 aliphatic rings. The molecule has 0 radical (unpaired) electrons. The number of piperidine rings is 1. The van der Waals surface area contributed by atoms with Gasteiger partial charge in [0.05, 0.1) is 0 Å². The fourth-order valence-corrected chi connectivity index (χ4v) is 2.41. The molecule has 2 heterocycles. The number of likely N-dealkylation sites (tertiary alicyclic amines) is 1. The Morgan fingerprint density at radius 2 is 2.11 bits per heavy atom. The van der Waals surface area contributed by atoms with Crippen LogP contribution in [0.2, 0.25) is 0 Å². The molecule has 3 N–H and O–H groups in total. The van der Waals surface area contributed by atoms with Gasteiger partial charge in [-0.3, -0.25) is 0 Å². The quantitative estimate of drug-likeness (QED) is 0.860. The van der Waals surface area contributed by atoms with Gasteiger partial charge in [-0.2, -0.15) is 0 Å². The van der Waals surface area contributed by atoms with Gasteiger partial charge < -0.3 is 16.0 Å². The van der Waals surface area contributed by atoms with Crippen molar-refractivity contribution in [3.8, 4) is 0 Å². The lowest BCUT2D eigenvalue weighted by molar-refractivity contribution is 0.250. The molecule has 2 rings (SSSR count). The van der Waals surface area contributed by atoms with Crippen LogP contribution in [-0.2, 0) is 0 Å². The van der Waals surface area contributed by atoms with E-state index < -0.39 is 0 Å². The molecule has 1 saturated heterocycles. The SMILES string of the molecule is CN1CCCC(c2cnc(NC(C)(C)CN)nc2)C1. The van der Waals surface area contributed by atoms with Crippen molar-refractivity contribution in [1.82, 2.24) is 14.9 Å². The number of rotatable bonds is 4. The molecule has 0 aliphatic carbocycles. The number of likely N-dealkylation sites (N-methyl/N-ethyl adjacent to an activating group) is 1. The van der Waals surface area contributed by atoms with E-state index in [-0.39, 0.29) is 5.54 Å². The first-order valence-electron chi connectivity index (χ1n) is 6.99. The second kappa shape index (κ2) is 5.84. The average molecular weight is 263 g/mol. The van der Waals surface area contributed by atoms with E-state index >= 15 is 0 Å². The first kappa shape index (κ1) is 14.2.